The van der Waals surface area contributed by atoms with Crippen molar-refractivity contribution < 1.29 is 19.4 Å². The maximum atomic E-state index is 12.0. The lowest BCUT2D eigenvalue weighted by Gasteiger charge is -2.26. The number of methoxy groups -OCH3 is 1. The van der Waals surface area contributed by atoms with Crippen molar-refractivity contribution in [1.82, 2.24) is 5.32 Å². The lowest BCUT2D eigenvalue weighted by Crippen LogP contribution is -2.46. The molecular weight excluding hydrogens is 258 g/mol. The quantitative estimate of drug-likeness (QED) is 0.647. The van der Waals surface area contributed by atoms with Crippen LogP contribution in [0.2, 0.25) is 0 Å². The molecule has 0 saturated heterocycles. The first-order chi connectivity index (χ1) is 9.26. The number of hydrogen-bond acceptors (Lipinski definition) is 3. The summed E-state index contributed by atoms with van der Waals surface area (Å²) in [6, 6.07) is 0. The Hall–Kier alpha value is -1.10. The van der Waals surface area contributed by atoms with Crippen LogP contribution in [0.15, 0.2) is 0 Å². The van der Waals surface area contributed by atoms with Crippen molar-refractivity contribution in [3.8, 4) is 0 Å². The van der Waals surface area contributed by atoms with Crippen LogP contribution in [0.25, 0.3) is 0 Å². The molecule has 5 heteroatoms. The number of amides is 1. The van der Waals surface area contributed by atoms with Gasteiger partial charge in [-0.05, 0) is 38.0 Å². The number of nitrogens with one attached hydrogen (secondary N) is 1. The highest BCUT2D eigenvalue weighted by molar-refractivity contribution is 5.84. The number of hydrogen-bond donors (Lipinski definition) is 2. The maximum absolute atomic E-state index is 12.0. The van der Waals surface area contributed by atoms with Gasteiger partial charge in [0.1, 0.15) is 5.60 Å². The van der Waals surface area contributed by atoms with E-state index in [1.54, 1.807) is 6.92 Å². The van der Waals surface area contributed by atoms with E-state index in [2.05, 4.69) is 19.2 Å². The number of carboxylic acid groups (broad SMARTS) is 1. The lowest BCUT2D eigenvalue weighted by atomic mass is 9.88. The Balaban J connectivity index is 4.23. The molecule has 0 heterocycles. The molecule has 1 amide bonds. The van der Waals surface area contributed by atoms with Crippen LogP contribution in [0.5, 0.6) is 0 Å². The van der Waals surface area contributed by atoms with Crippen molar-refractivity contribution >= 4 is 11.9 Å². The zero-order chi connectivity index (χ0) is 15.8. The van der Waals surface area contributed by atoms with Crippen LogP contribution in [-0.4, -0.2) is 36.2 Å². The molecule has 0 fully saturated rings. The molecule has 0 aromatic carbocycles. The summed E-state index contributed by atoms with van der Waals surface area (Å²) in [6.07, 6.45) is 2.24. The number of carboxylic acids is 1. The van der Waals surface area contributed by atoms with Crippen molar-refractivity contribution in [3.05, 3.63) is 0 Å². The summed E-state index contributed by atoms with van der Waals surface area (Å²) in [5.74, 6) is -0.158. The normalized spacial score (nSPS) is 15.7. The summed E-state index contributed by atoms with van der Waals surface area (Å²) >= 11 is 0. The van der Waals surface area contributed by atoms with Gasteiger partial charge in [-0.2, -0.15) is 0 Å². The van der Waals surface area contributed by atoms with Gasteiger partial charge in [0, 0.05) is 20.1 Å². The van der Waals surface area contributed by atoms with Gasteiger partial charge < -0.3 is 15.2 Å². The molecule has 0 bridgehead atoms. The van der Waals surface area contributed by atoms with Crippen molar-refractivity contribution in [2.75, 3.05) is 13.7 Å². The third-order valence-electron chi connectivity index (χ3n) is 4.08. The molecule has 0 saturated carbocycles. The average Bonchev–Trinajstić information content (AvgIpc) is 2.40. The second-order valence-corrected chi connectivity index (χ2v) is 5.77. The van der Waals surface area contributed by atoms with Crippen molar-refractivity contribution in [2.45, 2.75) is 59.0 Å². The fourth-order valence-electron chi connectivity index (χ4n) is 2.08. The molecule has 2 N–H and O–H groups in total. The Morgan fingerprint density at radius 2 is 1.90 bits per heavy atom. The molecule has 0 aromatic rings. The van der Waals surface area contributed by atoms with Crippen LogP contribution >= 0.6 is 0 Å². The van der Waals surface area contributed by atoms with Crippen LogP contribution in [0, 0.1) is 11.8 Å². The molecular formula is C15H29NO4. The molecule has 20 heavy (non-hydrogen) atoms. The number of aliphatic carboxylic acids is 1. The van der Waals surface area contributed by atoms with E-state index in [-0.39, 0.29) is 12.3 Å². The Morgan fingerprint density at radius 1 is 1.30 bits per heavy atom. The molecule has 0 aliphatic rings. The molecule has 118 valence electrons. The Bertz CT molecular complexity index is 311. The van der Waals surface area contributed by atoms with E-state index < -0.39 is 11.6 Å². The van der Waals surface area contributed by atoms with E-state index in [9.17, 15) is 9.59 Å². The molecule has 2 unspecified atom stereocenters. The van der Waals surface area contributed by atoms with Gasteiger partial charge in [0.05, 0.1) is 0 Å². The van der Waals surface area contributed by atoms with Crippen molar-refractivity contribution in [3.63, 3.8) is 0 Å². The van der Waals surface area contributed by atoms with Gasteiger partial charge in [-0.25, -0.2) is 0 Å². The van der Waals surface area contributed by atoms with Gasteiger partial charge in [0.15, 0.2) is 0 Å². The molecule has 5 nitrogen and oxygen atoms in total. The Morgan fingerprint density at radius 3 is 2.30 bits per heavy atom. The summed E-state index contributed by atoms with van der Waals surface area (Å²) in [6.45, 7) is 8.40. The van der Waals surface area contributed by atoms with E-state index in [0.29, 0.717) is 31.2 Å². The van der Waals surface area contributed by atoms with Gasteiger partial charge in [0.2, 0.25) is 0 Å². The third-order valence-corrected chi connectivity index (χ3v) is 4.08. The van der Waals surface area contributed by atoms with Crippen LogP contribution in [0.3, 0.4) is 0 Å². The zero-order valence-corrected chi connectivity index (χ0v) is 13.4. The van der Waals surface area contributed by atoms with Crippen molar-refractivity contribution in [1.29, 1.82) is 0 Å². The van der Waals surface area contributed by atoms with Crippen molar-refractivity contribution in [2.24, 2.45) is 11.8 Å². The van der Waals surface area contributed by atoms with E-state index >= 15 is 0 Å². The highest BCUT2D eigenvalue weighted by Crippen LogP contribution is 2.21. The molecule has 0 aliphatic carbocycles. The zero-order valence-electron chi connectivity index (χ0n) is 13.4. The second kappa shape index (κ2) is 8.95. The second-order valence-electron chi connectivity index (χ2n) is 5.77. The predicted molar refractivity (Wildman–Crippen MR) is 78.5 cm³/mol. The summed E-state index contributed by atoms with van der Waals surface area (Å²) < 4.78 is 5.24. The molecule has 0 aliphatic heterocycles. The molecule has 0 rings (SSSR count). The smallest absolute Gasteiger partial charge is 0.303 e. The lowest BCUT2D eigenvalue weighted by molar-refractivity contribution is -0.142. The highest BCUT2D eigenvalue weighted by atomic mass is 16.5. The van der Waals surface area contributed by atoms with Gasteiger partial charge in [-0.15, -0.1) is 0 Å². The van der Waals surface area contributed by atoms with Gasteiger partial charge in [-0.3, -0.25) is 9.59 Å². The molecule has 2 atom stereocenters. The Labute approximate surface area is 122 Å². The minimum absolute atomic E-state index is 0.108. The Kier molecular flexibility index (Phi) is 8.46. The summed E-state index contributed by atoms with van der Waals surface area (Å²) in [5.41, 5.74) is -0.783. The molecule has 0 radical (unpaired) electrons. The first-order valence-corrected chi connectivity index (χ1v) is 7.32. The maximum Gasteiger partial charge on any atom is 0.303 e. The topological polar surface area (TPSA) is 75.6 Å². The average molecular weight is 287 g/mol. The van der Waals surface area contributed by atoms with E-state index in [0.717, 1.165) is 6.42 Å². The van der Waals surface area contributed by atoms with Gasteiger partial charge >= 0.3 is 5.97 Å². The molecule has 0 spiro atoms. The number of ether oxygens (including phenoxy) is 1. The van der Waals surface area contributed by atoms with E-state index in [1.165, 1.54) is 7.11 Å². The number of rotatable bonds is 10. The summed E-state index contributed by atoms with van der Waals surface area (Å²) in [5, 5.41) is 11.6. The predicted octanol–water partition coefficient (Wildman–Crippen LogP) is 2.44. The summed E-state index contributed by atoms with van der Waals surface area (Å²) in [4.78, 5) is 22.6. The third kappa shape index (κ3) is 6.37. The van der Waals surface area contributed by atoms with Crippen LogP contribution in [0.1, 0.15) is 53.4 Å². The number of carbonyl (C=O) groups excluding carboxylic acids is 1. The van der Waals surface area contributed by atoms with Gasteiger partial charge in [0.25, 0.3) is 5.91 Å². The van der Waals surface area contributed by atoms with E-state index in [4.69, 9.17) is 9.84 Å². The first-order valence-electron chi connectivity index (χ1n) is 7.32. The standard InChI is InChI=1S/C15H29NO4/c1-6-15(4,20-5)14(19)16-10-9-12(11(2)3)7-8-13(17)18/h11-12H,6-10H2,1-5H3,(H,16,19)(H,17,18). The fraction of sp³-hybridized carbons (Fsp3) is 0.867. The SMILES string of the molecule is CCC(C)(OC)C(=O)NCCC(CCC(=O)O)C(C)C. The monoisotopic (exact) mass is 287 g/mol. The fourth-order valence-corrected chi connectivity index (χ4v) is 2.08. The minimum Gasteiger partial charge on any atom is -0.481 e. The number of carbonyl (C=O) groups is 2. The van der Waals surface area contributed by atoms with Crippen LogP contribution in [0.4, 0.5) is 0 Å². The molecule has 0 aromatic heterocycles. The summed E-state index contributed by atoms with van der Waals surface area (Å²) in [7, 11) is 1.53. The minimum atomic E-state index is -0.783. The van der Waals surface area contributed by atoms with E-state index in [1.807, 2.05) is 6.92 Å². The highest BCUT2D eigenvalue weighted by Gasteiger charge is 2.30. The largest absolute Gasteiger partial charge is 0.481 e. The van der Waals surface area contributed by atoms with Gasteiger partial charge in [-0.1, -0.05) is 20.8 Å². The first kappa shape index (κ1) is 18.9. The van der Waals surface area contributed by atoms with Crippen LogP contribution in [-0.2, 0) is 14.3 Å². The van der Waals surface area contributed by atoms with Crippen LogP contribution < -0.4 is 5.32 Å².